The predicted molar refractivity (Wildman–Crippen MR) is 56.6 cm³/mol. The summed E-state index contributed by atoms with van der Waals surface area (Å²) >= 11 is 8.71. The highest BCUT2D eigenvalue weighted by atomic mass is 79.9. The van der Waals surface area contributed by atoms with Crippen molar-refractivity contribution in [3.8, 4) is 0 Å². The van der Waals surface area contributed by atoms with Gasteiger partial charge in [-0.3, -0.25) is 0 Å². The van der Waals surface area contributed by atoms with Gasteiger partial charge in [0.25, 0.3) is 0 Å². The Morgan fingerprint density at radius 1 is 1.53 bits per heavy atom. The van der Waals surface area contributed by atoms with Gasteiger partial charge < -0.3 is 10.2 Å². The van der Waals surface area contributed by atoms with Crippen LogP contribution in [0.3, 0.4) is 0 Å². The molecule has 2 N–H and O–H groups in total. The van der Waals surface area contributed by atoms with Crippen molar-refractivity contribution in [1.82, 2.24) is 0 Å². The van der Waals surface area contributed by atoms with Gasteiger partial charge in [0.05, 0.1) is 0 Å². The van der Waals surface area contributed by atoms with Gasteiger partial charge in [-0.1, -0.05) is 27.5 Å². The first-order chi connectivity index (χ1) is 6.93. The molecule has 2 unspecified atom stereocenters. The highest BCUT2D eigenvalue weighted by Crippen LogP contribution is 2.29. The summed E-state index contributed by atoms with van der Waals surface area (Å²) in [7, 11) is 0. The summed E-state index contributed by atoms with van der Waals surface area (Å²) in [5, 5.41) is 18.1. The summed E-state index contributed by atoms with van der Waals surface area (Å²) < 4.78 is 13.4. The number of carbonyl (C=O) groups is 1. The fraction of sp³-hybridized carbons (Fsp3) is 0.222. The van der Waals surface area contributed by atoms with Gasteiger partial charge in [0.15, 0.2) is 0 Å². The molecule has 0 fully saturated rings. The van der Waals surface area contributed by atoms with Crippen molar-refractivity contribution in [3.63, 3.8) is 0 Å². The lowest BCUT2D eigenvalue weighted by atomic mass is 10.1. The van der Waals surface area contributed by atoms with Crippen molar-refractivity contribution >= 4 is 33.5 Å². The first-order valence-electron chi connectivity index (χ1n) is 3.93. The summed E-state index contributed by atoms with van der Waals surface area (Å²) in [5.74, 6) is -1.71. The van der Waals surface area contributed by atoms with Crippen LogP contribution in [0.2, 0.25) is 5.02 Å². The van der Waals surface area contributed by atoms with Crippen molar-refractivity contribution in [1.29, 1.82) is 0 Å². The highest BCUT2D eigenvalue weighted by molar-refractivity contribution is 9.10. The summed E-state index contributed by atoms with van der Waals surface area (Å²) in [4.78, 5) is 10.3. The van der Waals surface area contributed by atoms with Crippen molar-refractivity contribution < 1.29 is 19.4 Å². The number of aliphatic carboxylic acids is 1. The van der Waals surface area contributed by atoms with Crippen LogP contribution in [-0.4, -0.2) is 22.4 Å². The highest BCUT2D eigenvalue weighted by Gasteiger charge is 2.28. The Kier molecular flexibility index (Phi) is 4.07. The van der Waals surface area contributed by atoms with E-state index in [0.29, 0.717) is 9.50 Å². The van der Waals surface area contributed by atoms with Crippen molar-refractivity contribution in [2.45, 2.75) is 12.3 Å². The molecule has 0 radical (unpaired) electrons. The van der Waals surface area contributed by atoms with Crippen LogP contribution in [0.15, 0.2) is 22.7 Å². The van der Waals surface area contributed by atoms with Crippen molar-refractivity contribution in [2.24, 2.45) is 0 Å². The monoisotopic (exact) mass is 296 g/mol. The first-order valence-corrected chi connectivity index (χ1v) is 5.10. The molecule has 0 amide bonds. The number of carboxylic acid groups (broad SMARTS) is 1. The van der Waals surface area contributed by atoms with Gasteiger partial charge in [-0.25, -0.2) is 9.18 Å². The number of hydrogen-bond acceptors (Lipinski definition) is 2. The number of halogens is 3. The molecule has 1 rings (SSSR count). The molecule has 0 aromatic heterocycles. The van der Waals surface area contributed by atoms with E-state index >= 15 is 0 Å². The average Bonchev–Trinajstić information content (AvgIpc) is 2.19. The second-order valence-corrected chi connectivity index (χ2v) is 4.14. The van der Waals surface area contributed by atoms with Crippen molar-refractivity contribution in [3.05, 3.63) is 33.3 Å². The minimum absolute atomic E-state index is 0.109. The Balaban J connectivity index is 3.04. The van der Waals surface area contributed by atoms with Gasteiger partial charge in [-0.05, 0) is 23.8 Å². The second-order valence-electron chi connectivity index (χ2n) is 2.85. The van der Waals surface area contributed by atoms with E-state index in [1.165, 1.54) is 18.2 Å². The maximum absolute atomic E-state index is 13.0. The molecule has 15 heavy (non-hydrogen) atoms. The van der Waals surface area contributed by atoms with E-state index in [9.17, 15) is 14.3 Å². The summed E-state index contributed by atoms with van der Waals surface area (Å²) in [6.45, 7) is 0. The van der Waals surface area contributed by atoms with Gasteiger partial charge in [0.1, 0.15) is 6.10 Å². The third kappa shape index (κ3) is 2.90. The number of hydrogen-bond donors (Lipinski definition) is 2. The van der Waals surface area contributed by atoms with Crippen LogP contribution in [0.5, 0.6) is 0 Å². The normalized spacial score (nSPS) is 14.7. The van der Waals surface area contributed by atoms with Crippen LogP contribution in [0.1, 0.15) is 11.7 Å². The van der Waals surface area contributed by atoms with E-state index in [0.717, 1.165) is 0 Å². The number of rotatable bonds is 3. The van der Waals surface area contributed by atoms with Crippen LogP contribution < -0.4 is 0 Å². The molecule has 2 atom stereocenters. The van der Waals surface area contributed by atoms with E-state index in [-0.39, 0.29) is 5.56 Å². The van der Waals surface area contributed by atoms with E-state index in [2.05, 4.69) is 15.9 Å². The summed E-state index contributed by atoms with van der Waals surface area (Å²) in [6.07, 6.45) is -4.12. The molecular formula is C9H7BrClFO3. The van der Waals surface area contributed by atoms with Gasteiger partial charge >= 0.3 is 5.97 Å². The maximum Gasteiger partial charge on any atom is 0.341 e. The minimum Gasteiger partial charge on any atom is -0.479 e. The SMILES string of the molecule is O=C(O)C(F)C(O)c1cc(Cl)ccc1Br. The minimum atomic E-state index is -2.38. The molecule has 1 aromatic carbocycles. The molecule has 0 aliphatic heterocycles. The molecule has 0 saturated carbocycles. The van der Waals surface area contributed by atoms with E-state index in [1.54, 1.807) is 0 Å². The third-order valence-corrected chi connectivity index (χ3v) is 2.75. The van der Waals surface area contributed by atoms with Crippen LogP contribution in [0.25, 0.3) is 0 Å². The second kappa shape index (κ2) is 4.92. The van der Waals surface area contributed by atoms with E-state index in [1.807, 2.05) is 0 Å². The van der Waals surface area contributed by atoms with Crippen LogP contribution >= 0.6 is 27.5 Å². The molecule has 0 bridgehead atoms. The molecule has 0 aliphatic rings. The lowest BCUT2D eigenvalue weighted by Gasteiger charge is -2.14. The van der Waals surface area contributed by atoms with Gasteiger partial charge in [-0.15, -0.1) is 0 Å². The zero-order valence-corrected chi connectivity index (χ0v) is 9.67. The Hall–Kier alpha value is -0.650. The molecular weight excluding hydrogens is 290 g/mol. The molecule has 0 saturated heterocycles. The predicted octanol–water partition coefficient (Wildman–Crippen LogP) is 2.56. The zero-order chi connectivity index (χ0) is 11.6. The standard InChI is InChI=1S/C9H7BrClFO3/c10-6-2-1-4(11)3-5(6)8(13)7(12)9(14)15/h1-3,7-8,13H,(H,14,15). The number of aliphatic hydroxyl groups excluding tert-OH is 1. The van der Waals surface area contributed by atoms with Gasteiger partial charge in [-0.2, -0.15) is 0 Å². The Labute approximate surface area is 98.6 Å². The topological polar surface area (TPSA) is 57.5 Å². The van der Waals surface area contributed by atoms with Gasteiger partial charge in [0.2, 0.25) is 6.17 Å². The zero-order valence-electron chi connectivity index (χ0n) is 7.32. The Morgan fingerprint density at radius 2 is 2.13 bits per heavy atom. The Bertz CT molecular complexity index is 386. The molecule has 3 nitrogen and oxygen atoms in total. The summed E-state index contributed by atoms with van der Waals surface area (Å²) in [5.41, 5.74) is 0.109. The Morgan fingerprint density at radius 3 is 2.67 bits per heavy atom. The lowest BCUT2D eigenvalue weighted by Crippen LogP contribution is -2.23. The number of aliphatic hydroxyl groups is 1. The quantitative estimate of drug-likeness (QED) is 0.901. The van der Waals surface area contributed by atoms with Crippen LogP contribution in [-0.2, 0) is 4.79 Å². The number of alkyl halides is 1. The van der Waals surface area contributed by atoms with Crippen LogP contribution in [0.4, 0.5) is 4.39 Å². The largest absolute Gasteiger partial charge is 0.479 e. The van der Waals surface area contributed by atoms with Crippen molar-refractivity contribution in [2.75, 3.05) is 0 Å². The first kappa shape index (κ1) is 12.4. The van der Waals surface area contributed by atoms with Gasteiger partial charge in [0, 0.05) is 9.50 Å². The molecule has 1 aromatic rings. The molecule has 82 valence electrons. The average molecular weight is 298 g/mol. The lowest BCUT2D eigenvalue weighted by molar-refractivity contribution is -0.147. The third-order valence-electron chi connectivity index (χ3n) is 1.79. The van der Waals surface area contributed by atoms with E-state index in [4.69, 9.17) is 16.7 Å². The molecule has 0 heterocycles. The molecule has 0 aliphatic carbocycles. The number of benzene rings is 1. The van der Waals surface area contributed by atoms with E-state index < -0.39 is 18.2 Å². The summed E-state index contributed by atoms with van der Waals surface area (Å²) in [6, 6.07) is 4.36. The maximum atomic E-state index is 13.0. The van der Waals surface area contributed by atoms with Crippen LogP contribution in [0, 0.1) is 0 Å². The number of carboxylic acids is 1. The fourth-order valence-electron chi connectivity index (χ4n) is 1.03. The molecule has 6 heteroatoms. The molecule has 0 spiro atoms. The smallest absolute Gasteiger partial charge is 0.341 e. The fourth-order valence-corrected chi connectivity index (χ4v) is 1.70.